The predicted octanol–water partition coefficient (Wildman–Crippen LogP) is 3.54. The van der Waals surface area contributed by atoms with Crippen LogP contribution in [0.25, 0.3) is 0 Å². The first kappa shape index (κ1) is 23.7. The number of benzene rings is 2. The standard InChI is InChI=1S/C23H25F3N2O4S/c1-27-20-8-7-19(12-16(20)6-9-21(27)29)33(30,31)18-5-3-4-17(13-18)22(32-2)10-11-28(14-22)15-23(24,25)26/h3-5,7-8,12-13H,6,9-11,14-15H2,1-2H3. The van der Waals surface area contributed by atoms with E-state index in [0.29, 0.717) is 30.5 Å². The Balaban J connectivity index is 1.66. The number of amides is 1. The molecule has 2 aliphatic rings. The Morgan fingerprint density at radius 3 is 2.52 bits per heavy atom. The lowest BCUT2D eigenvalue weighted by Gasteiger charge is -2.29. The number of methoxy groups -OCH3 is 1. The van der Waals surface area contributed by atoms with Crippen LogP contribution in [0.15, 0.2) is 52.3 Å². The Labute approximate surface area is 190 Å². The van der Waals surface area contributed by atoms with Crippen LogP contribution >= 0.6 is 0 Å². The molecular weight excluding hydrogens is 457 g/mol. The van der Waals surface area contributed by atoms with E-state index < -0.39 is 28.2 Å². The second kappa shape index (κ2) is 8.41. The van der Waals surface area contributed by atoms with E-state index in [1.165, 1.54) is 35.1 Å². The SMILES string of the molecule is COC1(c2cccc(S(=O)(=O)c3ccc4c(c3)CCC(=O)N4C)c2)CCN(CC(F)(F)F)C1. The van der Waals surface area contributed by atoms with Crippen LogP contribution in [-0.4, -0.2) is 59.2 Å². The molecule has 2 aromatic carbocycles. The first-order valence-electron chi connectivity index (χ1n) is 10.5. The number of halogens is 3. The number of carbonyl (C=O) groups excluding carboxylic acids is 1. The van der Waals surface area contributed by atoms with Gasteiger partial charge in [-0.25, -0.2) is 8.42 Å². The monoisotopic (exact) mass is 482 g/mol. The molecule has 2 heterocycles. The molecule has 0 N–H and O–H groups in total. The van der Waals surface area contributed by atoms with E-state index in [0.717, 1.165) is 5.56 Å². The van der Waals surface area contributed by atoms with Gasteiger partial charge in [0.1, 0.15) is 5.60 Å². The summed E-state index contributed by atoms with van der Waals surface area (Å²) in [6.45, 7) is -0.824. The molecule has 0 spiro atoms. The van der Waals surface area contributed by atoms with Gasteiger partial charge in [0.05, 0.1) is 16.3 Å². The summed E-state index contributed by atoms with van der Waals surface area (Å²) in [5.41, 5.74) is 0.976. The van der Waals surface area contributed by atoms with E-state index >= 15 is 0 Å². The normalized spacial score (nSPS) is 22.0. The Kier molecular flexibility index (Phi) is 6.05. The number of rotatable bonds is 5. The molecule has 0 aliphatic carbocycles. The lowest BCUT2D eigenvalue weighted by molar-refractivity contribution is -0.146. The van der Waals surface area contributed by atoms with Crippen molar-refractivity contribution in [3.05, 3.63) is 53.6 Å². The van der Waals surface area contributed by atoms with Gasteiger partial charge in [-0.2, -0.15) is 13.2 Å². The van der Waals surface area contributed by atoms with E-state index in [9.17, 15) is 26.4 Å². The van der Waals surface area contributed by atoms with Gasteiger partial charge in [-0.1, -0.05) is 12.1 Å². The minimum Gasteiger partial charge on any atom is -0.372 e. The fourth-order valence-electron chi connectivity index (χ4n) is 4.65. The molecule has 0 aromatic heterocycles. The number of likely N-dealkylation sites (tertiary alicyclic amines) is 1. The zero-order chi connectivity index (χ0) is 24.0. The molecule has 1 atom stereocenters. The molecule has 33 heavy (non-hydrogen) atoms. The lowest BCUT2D eigenvalue weighted by Crippen LogP contribution is -2.37. The van der Waals surface area contributed by atoms with Crippen LogP contribution in [0.1, 0.15) is 24.0 Å². The number of alkyl halides is 3. The summed E-state index contributed by atoms with van der Waals surface area (Å²) in [5, 5.41) is 0. The van der Waals surface area contributed by atoms with Crippen LogP contribution in [0.5, 0.6) is 0 Å². The van der Waals surface area contributed by atoms with E-state index in [4.69, 9.17) is 4.74 Å². The van der Waals surface area contributed by atoms with Gasteiger partial charge in [-0.05, 0) is 54.3 Å². The molecule has 10 heteroatoms. The highest BCUT2D eigenvalue weighted by Gasteiger charge is 2.44. The van der Waals surface area contributed by atoms with Gasteiger partial charge in [-0.15, -0.1) is 0 Å². The molecule has 4 rings (SSSR count). The van der Waals surface area contributed by atoms with Crippen LogP contribution in [0.4, 0.5) is 18.9 Å². The Morgan fingerprint density at radius 2 is 1.82 bits per heavy atom. The molecular formula is C23H25F3N2O4S. The molecule has 2 aliphatic heterocycles. The Bertz CT molecular complexity index is 1180. The van der Waals surface area contributed by atoms with Crippen LogP contribution < -0.4 is 4.90 Å². The maximum Gasteiger partial charge on any atom is 0.401 e. The molecule has 1 fully saturated rings. The van der Waals surface area contributed by atoms with Crippen molar-refractivity contribution in [2.75, 3.05) is 38.7 Å². The van der Waals surface area contributed by atoms with E-state index in [1.807, 2.05) is 0 Å². The van der Waals surface area contributed by atoms with Gasteiger partial charge in [0.25, 0.3) is 0 Å². The molecule has 2 aromatic rings. The van der Waals surface area contributed by atoms with E-state index in [2.05, 4.69) is 0 Å². The first-order valence-corrected chi connectivity index (χ1v) is 12.0. The minimum atomic E-state index is -4.32. The fraction of sp³-hybridized carbons (Fsp3) is 0.435. The summed E-state index contributed by atoms with van der Waals surface area (Å²) in [6.07, 6.45) is -3.22. The maximum atomic E-state index is 13.4. The number of anilines is 1. The first-order chi connectivity index (χ1) is 15.4. The largest absolute Gasteiger partial charge is 0.401 e. The Morgan fingerprint density at radius 1 is 1.09 bits per heavy atom. The van der Waals surface area contributed by atoms with Gasteiger partial charge in [0.2, 0.25) is 15.7 Å². The third-order valence-corrected chi connectivity index (χ3v) is 8.23. The van der Waals surface area contributed by atoms with Crippen LogP contribution in [0.2, 0.25) is 0 Å². The summed E-state index contributed by atoms with van der Waals surface area (Å²) in [7, 11) is -0.797. The topological polar surface area (TPSA) is 66.9 Å². The molecule has 1 amide bonds. The minimum absolute atomic E-state index is 0.0196. The van der Waals surface area contributed by atoms with Gasteiger partial charge in [0, 0.05) is 39.4 Å². The summed E-state index contributed by atoms with van der Waals surface area (Å²) in [5.74, 6) is -0.0215. The third kappa shape index (κ3) is 4.51. The number of aryl methyl sites for hydroxylation is 1. The van der Waals surface area contributed by atoms with Crippen molar-refractivity contribution in [2.24, 2.45) is 0 Å². The summed E-state index contributed by atoms with van der Waals surface area (Å²) < 4.78 is 71.0. The van der Waals surface area contributed by atoms with E-state index in [-0.39, 0.29) is 28.8 Å². The molecule has 178 valence electrons. The molecule has 1 unspecified atom stereocenters. The van der Waals surface area contributed by atoms with Crippen molar-refractivity contribution in [2.45, 2.75) is 40.8 Å². The number of sulfone groups is 1. The molecule has 1 saturated heterocycles. The Hall–Kier alpha value is -2.43. The summed E-state index contributed by atoms with van der Waals surface area (Å²) >= 11 is 0. The zero-order valence-electron chi connectivity index (χ0n) is 18.4. The molecule has 6 nitrogen and oxygen atoms in total. The van der Waals surface area contributed by atoms with E-state index in [1.54, 1.807) is 31.3 Å². The predicted molar refractivity (Wildman–Crippen MR) is 116 cm³/mol. The van der Waals surface area contributed by atoms with Crippen LogP contribution in [0.3, 0.4) is 0 Å². The van der Waals surface area contributed by atoms with Crippen LogP contribution in [0, 0.1) is 0 Å². The number of carbonyl (C=O) groups is 1. The second-order valence-corrected chi connectivity index (χ2v) is 10.5. The van der Waals surface area contributed by atoms with Crippen molar-refractivity contribution in [3.63, 3.8) is 0 Å². The summed E-state index contributed by atoms with van der Waals surface area (Å²) in [6, 6.07) is 10.9. The fourth-order valence-corrected chi connectivity index (χ4v) is 6.01. The number of fused-ring (bicyclic) bond motifs is 1. The van der Waals surface area contributed by atoms with Crippen LogP contribution in [-0.2, 0) is 31.4 Å². The number of hydrogen-bond donors (Lipinski definition) is 0. The third-order valence-electron chi connectivity index (χ3n) is 6.48. The van der Waals surface area contributed by atoms with Crippen molar-refractivity contribution in [1.82, 2.24) is 4.90 Å². The van der Waals surface area contributed by atoms with Gasteiger partial charge >= 0.3 is 6.18 Å². The van der Waals surface area contributed by atoms with Crippen molar-refractivity contribution in [3.8, 4) is 0 Å². The van der Waals surface area contributed by atoms with Gasteiger partial charge < -0.3 is 9.64 Å². The quantitative estimate of drug-likeness (QED) is 0.652. The average molecular weight is 483 g/mol. The highest BCUT2D eigenvalue weighted by molar-refractivity contribution is 7.91. The van der Waals surface area contributed by atoms with Crippen molar-refractivity contribution in [1.29, 1.82) is 0 Å². The number of nitrogens with zero attached hydrogens (tertiary/aromatic N) is 2. The molecule has 0 radical (unpaired) electrons. The average Bonchev–Trinajstić information content (AvgIpc) is 3.18. The van der Waals surface area contributed by atoms with Gasteiger partial charge in [0.15, 0.2) is 0 Å². The number of hydrogen-bond acceptors (Lipinski definition) is 5. The molecule has 0 saturated carbocycles. The zero-order valence-corrected chi connectivity index (χ0v) is 19.2. The summed E-state index contributed by atoms with van der Waals surface area (Å²) in [4.78, 5) is 14.9. The lowest BCUT2D eigenvalue weighted by atomic mass is 9.93. The number of ether oxygens (including phenoxy) is 1. The van der Waals surface area contributed by atoms with Gasteiger partial charge in [-0.3, -0.25) is 9.69 Å². The molecule has 0 bridgehead atoms. The highest BCUT2D eigenvalue weighted by Crippen LogP contribution is 2.38. The van der Waals surface area contributed by atoms with Crippen molar-refractivity contribution < 1.29 is 31.1 Å². The maximum absolute atomic E-state index is 13.4. The highest BCUT2D eigenvalue weighted by atomic mass is 32.2. The smallest absolute Gasteiger partial charge is 0.372 e. The second-order valence-electron chi connectivity index (χ2n) is 8.55. The van der Waals surface area contributed by atoms with Crippen molar-refractivity contribution >= 4 is 21.4 Å².